The third kappa shape index (κ3) is 4.70. The Morgan fingerprint density at radius 3 is 2.43 bits per heavy atom. The van der Waals surface area contributed by atoms with E-state index < -0.39 is 35.4 Å². The molecular formula is C19H25F3N4O2. The van der Waals surface area contributed by atoms with E-state index >= 15 is 4.39 Å². The molecule has 1 aromatic heterocycles. The van der Waals surface area contributed by atoms with Crippen LogP contribution in [0.15, 0.2) is 24.5 Å². The summed E-state index contributed by atoms with van der Waals surface area (Å²) in [6.07, 6.45) is 0.551. The van der Waals surface area contributed by atoms with Crippen LogP contribution < -0.4 is 5.73 Å². The summed E-state index contributed by atoms with van der Waals surface area (Å²) in [6.45, 7) is 6.08. The number of rotatable bonds is 6. The molecule has 1 aromatic carbocycles. The summed E-state index contributed by atoms with van der Waals surface area (Å²) in [7, 11) is 0. The fourth-order valence-electron chi connectivity index (χ4n) is 3.04. The van der Waals surface area contributed by atoms with Gasteiger partial charge in [0.25, 0.3) is 0 Å². The largest absolute Gasteiger partial charge is 0.461 e. The summed E-state index contributed by atoms with van der Waals surface area (Å²) in [5.74, 6) is -1.75. The molecule has 0 radical (unpaired) electrons. The van der Waals surface area contributed by atoms with Crippen molar-refractivity contribution in [3.8, 4) is 11.4 Å². The monoisotopic (exact) mass is 398 g/mol. The zero-order valence-corrected chi connectivity index (χ0v) is 16.5. The van der Waals surface area contributed by atoms with Crippen LogP contribution in [0.3, 0.4) is 0 Å². The van der Waals surface area contributed by atoms with Crippen molar-refractivity contribution in [1.82, 2.24) is 14.8 Å². The standard InChI is InChI=1S/C19H25F3N4O2/c1-11(2)28-16(27)19(23,9-18(3,4)5)13-7-6-12(8-14(13)20)15-25-24-10-26(15)17(21)22/h6-8,10-11,17H,9,23H2,1-5H3. The van der Waals surface area contributed by atoms with Gasteiger partial charge in [-0.1, -0.05) is 32.9 Å². The number of alkyl halides is 2. The van der Waals surface area contributed by atoms with Crippen molar-refractivity contribution in [2.24, 2.45) is 11.1 Å². The highest BCUT2D eigenvalue weighted by atomic mass is 19.3. The van der Waals surface area contributed by atoms with E-state index in [0.29, 0.717) is 4.57 Å². The fourth-order valence-corrected chi connectivity index (χ4v) is 3.04. The number of hydrogen-bond acceptors (Lipinski definition) is 5. The number of nitrogens with zero attached hydrogens (tertiary/aromatic N) is 3. The van der Waals surface area contributed by atoms with Gasteiger partial charge in [-0.2, -0.15) is 8.78 Å². The maximum absolute atomic E-state index is 15.0. The van der Waals surface area contributed by atoms with Crippen molar-refractivity contribution in [3.05, 3.63) is 35.9 Å². The van der Waals surface area contributed by atoms with Crippen molar-refractivity contribution >= 4 is 5.97 Å². The minimum atomic E-state index is -2.87. The highest BCUT2D eigenvalue weighted by Gasteiger charge is 2.43. The number of nitrogens with two attached hydrogens (primary N) is 1. The Bertz CT molecular complexity index is 846. The zero-order chi connectivity index (χ0) is 21.3. The molecule has 0 bridgehead atoms. The number of ether oxygens (including phenoxy) is 1. The summed E-state index contributed by atoms with van der Waals surface area (Å²) in [6, 6.07) is 3.71. The van der Waals surface area contributed by atoms with E-state index in [1.54, 1.807) is 13.8 Å². The molecule has 9 heteroatoms. The van der Waals surface area contributed by atoms with Gasteiger partial charge in [-0.3, -0.25) is 4.57 Å². The van der Waals surface area contributed by atoms with E-state index in [2.05, 4.69) is 10.2 Å². The smallest absolute Gasteiger partial charge is 0.331 e. The van der Waals surface area contributed by atoms with Crippen LogP contribution in [0.4, 0.5) is 13.2 Å². The van der Waals surface area contributed by atoms with Crippen molar-refractivity contribution in [2.45, 2.75) is 59.2 Å². The van der Waals surface area contributed by atoms with E-state index in [1.165, 1.54) is 12.1 Å². The Morgan fingerprint density at radius 2 is 1.93 bits per heavy atom. The molecule has 2 rings (SSSR count). The van der Waals surface area contributed by atoms with Crippen molar-refractivity contribution in [3.63, 3.8) is 0 Å². The van der Waals surface area contributed by atoms with Gasteiger partial charge in [0.15, 0.2) is 5.82 Å². The Hall–Kier alpha value is -2.42. The van der Waals surface area contributed by atoms with E-state index in [-0.39, 0.29) is 23.4 Å². The lowest BCUT2D eigenvalue weighted by Gasteiger charge is -2.34. The summed E-state index contributed by atoms with van der Waals surface area (Å²) in [5.41, 5.74) is 4.25. The summed E-state index contributed by atoms with van der Waals surface area (Å²) in [4.78, 5) is 12.7. The lowest BCUT2D eigenvalue weighted by Crippen LogP contribution is -2.49. The van der Waals surface area contributed by atoms with Crippen LogP contribution in [-0.4, -0.2) is 26.8 Å². The number of halogens is 3. The van der Waals surface area contributed by atoms with E-state index in [0.717, 1.165) is 12.4 Å². The molecule has 154 valence electrons. The van der Waals surface area contributed by atoms with Gasteiger partial charge in [0.1, 0.15) is 17.7 Å². The second-order valence-electron chi connectivity index (χ2n) is 8.20. The predicted molar refractivity (Wildman–Crippen MR) is 97.8 cm³/mol. The van der Waals surface area contributed by atoms with Gasteiger partial charge in [-0.05, 0) is 31.7 Å². The molecule has 2 aromatic rings. The molecule has 0 aliphatic heterocycles. The normalized spacial score (nSPS) is 14.4. The highest BCUT2D eigenvalue weighted by molar-refractivity contribution is 5.83. The van der Waals surface area contributed by atoms with Crippen LogP contribution in [-0.2, 0) is 15.1 Å². The SMILES string of the molecule is CC(C)OC(=O)C(N)(CC(C)(C)C)c1ccc(-c2nncn2C(F)F)cc1F. The number of aromatic nitrogens is 3. The first-order valence-electron chi connectivity index (χ1n) is 8.83. The Kier molecular flexibility index (Phi) is 6.18. The van der Waals surface area contributed by atoms with Gasteiger partial charge in [-0.15, -0.1) is 10.2 Å². The van der Waals surface area contributed by atoms with E-state index in [1.807, 2.05) is 20.8 Å². The maximum atomic E-state index is 15.0. The van der Waals surface area contributed by atoms with Crippen molar-refractivity contribution in [2.75, 3.05) is 0 Å². The molecule has 0 aliphatic carbocycles. The van der Waals surface area contributed by atoms with Crippen LogP contribution in [0.2, 0.25) is 0 Å². The third-order valence-corrected chi connectivity index (χ3v) is 4.01. The molecule has 0 spiro atoms. The molecule has 1 unspecified atom stereocenters. The topological polar surface area (TPSA) is 83.0 Å². The lowest BCUT2D eigenvalue weighted by atomic mass is 9.76. The van der Waals surface area contributed by atoms with E-state index in [9.17, 15) is 13.6 Å². The third-order valence-electron chi connectivity index (χ3n) is 4.01. The second-order valence-corrected chi connectivity index (χ2v) is 8.20. The first-order valence-corrected chi connectivity index (χ1v) is 8.83. The molecule has 0 aliphatic rings. The molecule has 0 saturated heterocycles. The minimum Gasteiger partial charge on any atom is -0.461 e. The Balaban J connectivity index is 2.53. The number of benzene rings is 1. The quantitative estimate of drug-likeness (QED) is 0.743. The second kappa shape index (κ2) is 7.90. The molecule has 0 amide bonds. The van der Waals surface area contributed by atoms with Crippen LogP contribution >= 0.6 is 0 Å². The Labute approximate surface area is 161 Å². The van der Waals surface area contributed by atoms with Crippen LogP contribution in [0, 0.1) is 11.2 Å². The Morgan fingerprint density at radius 1 is 1.29 bits per heavy atom. The average Bonchev–Trinajstić information content (AvgIpc) is 3.02. The number of esters is 1. The number of carbonyl (C=O) groups is 1. The van der Waals surface area contributed by atoms with Crippen molar-refractivity contribution in [1.29, 1.82) is 0 Å². The van der Waals surface area contributed by atoms with Crippen LogP contribution in [0.25, 0.3) is 11.4 Å². The molecule has 6 nitrogen and oxygen atoms in total. The molecular weight excluding hydrogens is 373 g/mol. The molecule has 1 atom stereocenters. The summed E-state index contributed by atoms with van der Waals surface area (Å²) < 4.78 is 46.9. The van der Waals surface area contributed by atoms with Gasteiger partial charge in [-0.25, -0.2) is 9.18 Å². The molecule has 1 heterocycles. The van der Waals surface area contributed by atoms with Crippen molar-refractivity contribution < 1.29 is 22.7 Å². The van der Waals surface area contributed by atoms with Gasteiger partial charge in [0.05, 0.1) is 6.10 Å². The van der Waals surface area contributed by atoms with Crippen LogP contribution in [0.1, 0.15) is 53.2 Å². The average molecular weight is 398 g/mol. The lowest BCUT2D eigenvalue weighted by molar-refractivity contribution is -0.156. The van der Waals surface area contributed by atoms with Gasteiger partial charge >= 0.3 is 12.5 Å². The first kappa shape index (κ1) is 21.9. The highest BCUT2D eigenvalue weighted by Crippen LogP contribution is 2.36. The molecule has 28 heavy (non-hydrogen) atoms. The van der Waals surface area contributed by atoms with E-state index in [4.69, 9.17) is 10.5 Å². The minimum absolute atomic E-state index is 0.0695. The summed E-state index contributed by atoms with van der Waals surface area (Å²) >= 11 is 0. The van der Waals surface area contributed by atoms with Gasteiger partial charge < -0.3 is 10.5 Å². The number of carbonyl (C=O) groups excluding carboxylic acids is 1. The van der Waals surface area contributed by atoms with Crippen LogP contribution in [0.5, 0.6) is 0 Å². The molecule has 0 saturated carbocycles. The predicted octanol–water partition coefficient (Wildman–Crippen LogP) is 4.02. The van der Waals surface area contributed by atoms with Gasteiger partial charge in [0.2, 0.25) is 0 Å². The summed E-state index contributed by atoms with van der Waals surface area (Å²) in [5, 5.41) is 7.06. The molecule has 0 fully saturated rings. The fraction of sp³-hybridized carbons (Fsp3) is 0.526. The zero-order valence-electron chi connectivity index (χ0n) is 16.5. The van der Waals surface area contributed by atoms with Gasteiger partial charge in [0, 0.05) is 11.1 Å². The number of hydrogen-bond donors (Lipinski definition) is 1. The maximum Gasteiger partial charge on any atom is 0.331 e. The first-order chi connectivity index (χ1) is 12.8. The molecule has 2 N–H and O–H groups in total.